The zero-order chi connectivity index (χ0) is 15.7. The summed E-state index contributed by atoms with van der Waals surface area (Å²) >= 11 is 0. The van der Waals surface area contributed by atoms with E-state index in [2.05, 4.69) is 16.0 Å². The molecule has 0 amide bonds. The Morgan fingerprint density at radius 3 is 2.50 bits per heavy atom. The molecule has 2 aromatic rings. The summed E-state index contributed by atoms with van der Waals surface area (Å²) in [6, 6.07) is 8.37. The molecule has 3 nitrogen and oxygen atoms in total. The Labute approximate surface area is 128 Å². The second kappa shape index (κ2) is 5.64. The fraction of sp³-hybridized carbons (Fsp3) is 0.167. The van der Waals surface area contributed by atoms with Crippen LogP contribution in [0.25, 0.3) is 6.08 Å². The Kier molecular flexibility index (Phi) is 3.67. The number of hydrogen-bond acceptors (Lipinski definition) is 2. The van der Waals surface area contributed by atoms with Gasteiger partial charge in [-0.1, -0.05) is 0 Å². The van der Waals surface area contributed by atoms with E-state index in [1.807, 2.05) is 26.0 Å². The lowest BCUT2D eigenvalue weighted by Gasteiger charge is -2.01. The van der Waals surface area contributed by atoms with Crippen molar-refractivity contribution in [2.24, 2.45) is 4.99 Å². The molecule has 0 bridgehead atoms. The molecule has 1 N–H and O–H groups in total. The average Bonchev–Trinajstić information content (AvgIpc) is 3.03. The molecule has 0 aliphatic carbocycles. The summed E-state index contributed by atoms with van der Waals surface area (Å²) in [6.07, 6.45) is 3.83. The van der Waals surface area contributed by atoms with Gasteiger partial charge in [-0.2, -0.15) is 0 Å². The van der Waals surface area contributed by atoms with Crippen molar-refractivity contribution in [1.29, 1.82) is 0 Å². The third-order valence-corrected chi connectivity index (χ3v) is 3.59. The van der Waals surface area contributed by atoms with E-state index >= 15 is 0 Å². The number of benzene rings is 1. The van der Waals surface area contributed by atoms with Crippen LogP contribution in [0.2, 0.25) is 0 Å². The Morgan fingerprint density at radius 1 is 1.18 bits per heavy atom. The molecule has 0 unspecified atom stereocenters. The average molecular weight is 296 g/mol. The van der Waals surface area contributed by atoms with Gasteiger partial charge in [-0.05, 0) is 55.8 Å². The van der Waals surface area contributed by atoms with Gasteiger partial charge in [-0.3, -0.25) is 0 Å². The van der Waals surface area contributed by atoms with Crippen LogP contribution >= 0.6 is 0 Å². The SMILES string of the molecule is COC1=CC(c2ccc(F)cc2)=N/C1=C/c1[nH]c(C)cc1C. The maximum Gasteiger partial charge on any atom is 0.146 e. The molecule has 1 aromatic carbocycles. The van der Waals surface area contributed by atoms with E-state index in [-0.39, 0.29) is 5.82 Å². The summed E-state index contributed by atoms with van der Waals surface area (Å²) in [5.74, 6) is 0.442. The zero-order valence-corrected chi connectivity index (χ0v) is 12.8. The number of aliphatic imine (C=N–C) groups is 1. The minimum absolute atomic E-state index is 0.258. The molecule has 4 heteroatoms. The van der Waals surface area contributed by atoms with Crippen LogP contribution in [0.5, 0.6) is 0 Å². The van der Waals surface area contributed by atoms with Crippen molar-refractivity contribution in [2.75, 3.05) is 7.11 Å². The summed E-state index contributed by atoms with van der Waals surface area (Å²) in [4.78, 5) is 7.90. The van der Waals surface area contributed by atoms with Crippen LogP contribution in [0.4, 0.5) is 4.39 Å². The molecule has 0 spiro atoms. The minimum atomic E-state index is -0.258. The van der Waals surface area contributed by atoms with Crippen molar-refractivity contribution in [3.05, 3.63) is 76.2 Å². The molecule has 1 aliphatic heterocycles. The number of allylic oxidation sites excluding steroid dienone is 1. The minimum Gasteiger partial charge on any atom is -0.494 e. The lowest BCUT2D eigenvalue weighted by atomic mass is 10.1. The first-order valence-electron chi connectivity index (χ1n) is 7.05. The quantitative estimate of drug-likeness (QED) is 0.908. The number of halogens is 1. The number of ether oxygens (including phenoxy) is 1. The number of aromatic amines is 1. The highest BCUT2D eigenvalue weighted by molar-refractivity contribution is 6.12. The first-order valence-corrected chi connectivity index (χ1v) is 7.05. The van der Waals surface area contributed by atoms with Crippen molar-refractivity contribution < 1.29 is 9.13 Å². The molecule has 0 fully saturated rings. The molecule has 0 atom stereocenters. The van der Waals surface area contributed by atoms with Gasteiger partial charge in [-0.15, -0.1) is 0 Å². The van der Waals surface area contributed by atoms with Crippen molar-refractivity contribution in [3.63, 3.8) is 0 Å². The van der Waals surface area contributed by atoms with E-state index in [9.17, 15) is 4.39 Å². The van der Waals surface area contributed by atoms with Crippen molar-refractivity contribution >= 4 is 11.8 Å². The Bertz CT molecular complexity index is 795. The molecule has 2 heterocycles. The third kappa shape index (κ3) is 2.72. The highest BCUT2D eigenvalue weighted by Gasteiger charge is 2.17. The normalized spacial score (nSPS) is 15.9. The second-order valence-corrected chi connectivity index (χ2v) is 5.30. The van der Waals surface area contributed by atoms with Crippen LogP contribution in [0.3, 0.4) is 0 Å². The number of rotatable bonds is 3. The van der Waals surface area contributed by atoms with Crippen LogP contribution in [-0.2, 0) is 4.74 Å². The first-order chi connectivity index (χ1) is 10.6. The van der Waals surface area contributed by atoms with Gasteiger partial charge in [0.05, 0.1) is 12.8 Å². The second-order valence-electron chi connectivity index (χ2n) is 5.30. The van der Waals surface area contributed by atoms with E-state index in [4.69, 9.17) is 4.74 Å². The molecule has 0 saturated carbocycles. The van der Waals surface area contributed by atoms with Gasteiger partial charge in [0.15, 0.2) is 0 Å². The maximum atomic E-state index is 13.0. The number of aryl methyl sites for hydroxylation is 2. The van der Waals surface area contributed by atoms with Crippen LogP contribution in [0.15, 0.2) is 52.9 Å². The third-order valence-electron chi connectivity index (χ3n) is 3.59. The number of methoxy groups -OCH3 is 1. The first kappa shape index (κ1) is 14.3. The molecule has 1 aromatic heterocycles. The van der Waals surface area contributed by atoms with E-state index in [0.717, 1.165) is 33.9 Å². The van der Waals surface area contributed by atoms with Crippen LogP contribution in [-0.4, -0.2) is 17.8 Å². The molecule has 0 radical (unpaired) electrons. The van der Waals surface area contributed by atoms with Gasteiger partial charge < -0.3 is 9.72 Å². The Balaban J connectivity index is 2.00. The lowest BCUT2D eigenvalue weighted by Crippen LogP contribution is -1.93. The van der Waals surface area contributed by atoms with Gasteiger partial charge in [0.25, 0.3) is 0 Å². The van der Waals surface area contributed by atoms with Gasteiger partial charge in [0.1, 0.15) is 17.3 Å². The molecule has 0 saturated heterocycles. The lowest BCUT2D eigenvalue weighted by molar-refractivity contribution is 0.303. The molecule has 112 valence electrons. The zero-order valence-electron chi connectivity index (χ0n) is 12.8. The van der Waals surface area contributed by atoms with Gasteiger partial charge in [-0.25, -0.2) is 9.38 Å². The molecule has 22 heavy (non-hydrogen) atoms. The standard InChI is InChI=1S/C18H17FN2O/c1-11-8-12(2)20-15(11)9-17-18(22-3)10-16(21-17)13-4-6-14(19)7-5-13/h4-10,20H,1-3H3/b17-9+. The molecule has 3 rings (SSSR count). The number of nitrogens with zero attached hydrogens (tertiary/aromatic N) is 1. The topological polar surface area (TPSA) is 37.4 Å². The van der Waals surface area contributed by atoms with Gasteiger partial charge >= 0.3 is 0 Å². The van der Waals surface area contributed by atoms with E-state index in [1.165, 1.54) is 12.1 Å². The van der Waals surface area contributed by atoms with E-state index in [1.54, 1.807) is 19.2 Å². The Hall–Kier alpha value is -2.62. The summed E-state index contributed by atoms with van der Waals surface area (Å²) in [5.41, 5.74) is 5.66. The maximum absolute atomic E-state index is 13.0. The number of hydrogen-bond donors (Lipinski definition) is 1. The van der Waals surface area contributed by atoms with Crippen molar-refractivity contribution in [2.45, 2.75) is 13.8 Å². The highest BCUT2D eigenvalue weighted by Crippen LogP contribution is 2.26. The summed E-state index contributed by atoms with van der Waals surface area (Å²) in [6.45, 7) is 4.07. The van der Waals surface area contributed by atoms with Gasteiger partial charge in [0.2, 0.25) is 0 Å². The van der Waals surface area contributed by atoms with Crippen molar-refractivity contribution in [3.8, 4) is 0 Å². The van der Waals surface area contributed by atoms with Crippen LogP contribution in [0, 0.1) is 19.7 Å². The van der Waals surface area contributed by atoms with E-state index in [0.29, 0.717) is 5.76 Å². The predicted molar refractivity (Wildman–Crippen MR) is 86.3 cm³/mol. The summed E-state index contributed by atoms with van der Waals surface area (Å²) in [5, 5.41) is 0. The molecular formula is C18H17FN2O. The monoisotopic (exact) mass is 296 g/mol. The predicted octanol–water partition coefficient (Wildman–Crippen LogP) is 4.14. The summed E-state index contributed by atoms with van der Waals surface area (Å²) < 4.78 is 18.4. The number of nitrogens with one attached hydrogen (secondary N) is 1. The van der Waals surface area contributed by atoms with Crippen LogP contribution < -0.4 is 0 Å². The molecule has 1 aliphatic rings. The Morgan fingerprint density at radius 2 is 1.91 bits per heavy atom. The number of aromatic nitrogens is 1. The fourth-order valence-corrected chi connectivity index (χ4v) is 2.49. The van der Waals surface area contributed by atoms with Gasteiger partial charge in [0, 0.05) is 23.0 Å². The fourth-order valence-electron chi connectivity index (χ4n) is 2.49. The number of H-pyrrole nitrogens is 1. The van der Waals surface area contributed by atoms with E-state index < -0.39 is 0 Å². The van der Waals surface area contributed by atoms with Crippen LogP contribution in [0.1, 0.15) is 22.5 Å². The summed E-state index contributed by atoms with van der Waals surface area (Å²) in [7, 11) is 1.62. The largest absolute Gasteiger partial charge is 0.494 e. The smallest absolute Gasteiger partial charge is 0.146 e. The van der Waals surface area contributed by atoms with Crippen molar-refractivity contribution in [1.82, 2.24) is 4.98 Å². The molecular weight excluding hydrogens is 279 g/mol. The highest BCUT2D eigenvalue weighted by atomic mass is 19.1.